The lowest BCUT2D eigenvalue weighted by molar-refractivity contribution is -0.218. The fourth-order valence-corrected chi connectivity index (χ4v) is 2.69. The first-order chi connectivity index (χ1) is 6.94. The van der Waals surface area contributed by atoms with Gasteiger partial charge in [-0.3, -0.25) is 0 Å². The van der Waals surface area contributed by atoms with E-state index in [9.17, 15) is 5.11 Å². The minimum Gasteiger partial charge on any atom is -0.391 e. The molecule has 0 spiro atoms. The molecule has 0 amide bonds. The molecule has 3 unspecified atom stereocenters. The Labute approximate surface area is 95.3 Å². The van der Waals surface area contributed by atoms with Gasteiger partial charge in [0.1, 0.15) is 6.10 Å². The van der Waals surface area contributed by atoms with Crippen LogP contribution in [0.4, 0.5) is 0 Å². The Morgan fingerprint density at radius 1 is 1.40 bits per heavy atom. The molecule has 2 aliphatic rings. The van der Waals surface area contributed by atoms with Crippen LogP contribution in [0, 0.1) is 5.92 Å². The highest BCUT2D eigenvalue weighted by molar-refractivity contribution is 7.80. The Morgan fingerprint density at radius 2 is 2.07 bits per heavy atom. The summed E-state index contributed by atoms with van der Waals surface area (Å²) in [7, 11) is 0. The molecule has 2 heterocycles. The predicted molar refractivity (Wildman–Crippen MR) is 57.7 cm³/mol. The zero-order valence-electron chi connectivity index (χ0n) is 9.21. The second-order valence-electron chi connectivity index (χ2n) is 4.66. The van der Waals surface area contributed by atoms with Crippen molar-refractivity contribution in [1.82, 2.24) is 0 Å². The molecule has 0 aromatic carbocycles. The maximum absolute atomic E-state index is 9.57. The molecule has 2 aliphatic heterocycles. The van der Waals surface area contributed by atoms with E-state index in [4.69, 9.17) is 14.2 Å². The Bertz CT molecular complexity index is 244. The standard InChI is InChI=1S/C10H18O4S/c1-5(11)7-6(4-15)8-9(12-7)14-10(2,3)13-8/h5-9,11,15H,4H2,1-3H3/t5?,6?,7?,8-,9-/m1/s1. The maximum atomic E-state index is 9.57. The van der Waals surface area contributed by atoms with Crippen molar-refractivity contribution in [2.45, 2.75) is 51.2 Å². The van der Waals surface area contributed by atoms with Crippen molar-refractivity contribution in [2.24, 2.45) is 5.92 Å². The zero-order valence-corrected chi connectivity index (χ0v) is 10.1. The lowest BCUT2D eigenvalue weighted by Crippen LogP contribution is -2.36. The molecule has 2 saturated heterocycles. The summed E-state index contributed by atoms with van der Waals surface area (Å²) in [5.41, 5.74) is 0. The summed E-state index contributed by atoms with van der Waals surface area (Å²) in [5, 5.41) is 9.57. The summed E-state index contributed by atoms with van der Waals surface area (Å²) < 4.78 is 17.0. The third kappa shape index (κ3) is 2.03. The molecule has 0 radical (unpaired) electrons. The van der Waals surface area contributed by atoms with Gasteiger partial charge in [0.25, 0.3) is 0 Å². The van der Waals surface area contributed by atoms with Gasteiger partial charge in [-0.2, -0.15) is 12.6 Å². The van der Waals surface area contributed by atoms with Gasteiger partial charge in [-0.05, 0) is 26.5 Å². The summed E-state index contributed by atoms with van der Waals surface area (Å²) in [4.78, 5) is 0. The summed E-state index contributed by atoms with van der Waals surface area (Å²) >= 11 is 4.28. The van der Waals surface area contributed by atoms with Gasteiger partial charge in [0.2, 0.25) is 0 Å². The number of hydrogen-bond acceptors (Lipinski definition) is 5. The molecule has 15 heavy (non-hydrogen) atoms. The van der Waals surface area contributed by atoms with Gasteiger partial charge in [0.15, 0.2) is 12.1 Å². The van der Waals surface area contributed by atoms with Gasteiger partial charge >= 0.3 is 0 Å². The lowest BCUT2D eigenvalue weighted by Gasteiger charge is -2.26. The molecule has 0 aliphatic carbocycles. The van der Waals surface area contributed by atoms with E-state index in [1.54, 1.807) is 6.92 Å². The average Bonchev–Trinajstić information content (AvgIpc) is 2.55. The highest BCUT2D eigenvalue weighted by Gasteiger charge is 2.54. The summed E-state index contributed by atoms with van der Waals surface area (Å²) in [6.07, 6.45) is -1.24. The predicted octanol–water partition coefficient (Wildman–Crippen LogP) is 0.790. The molecular formula is C10H18O4S. The van der Waals surface area contributed by atoms with Gasteiger partial charge in [0.05, 0.1) is 12.2 Å². The average molecular weight is 234 g/mol. The molecule has 0 aromatic heterocycles. The fourth-order valence-electron chi connectivity index (χ4n) is 2.27. The van der Waals surface area contributed by atoms with E-state index in [1.807, 2.05) is 13.8 Å². The first-order valence-corrected chi connectivity index (χ1v) is 5.88. The quantitative estimate of drug-likeness (QED) is 0.694. The van der Waals surface area contributed by atoms with Crippen LogP contribution in [0.25, 0.3) is 0 Å². The van der Waals surface area contributed by atoms with E-state index in [0.29, 0.717) is 5.75 Å². The van der Waals surface area contributed by atoms with E-state index in [2.05, 4.69) is 12.6 Å². The van der Waals surface area contributed by atoms with Gasteiger partial charge in [-0.25, -0.2) is 0 Å². The van der Waals surface area contributed by atoms with E-state index < -0.39 is 11.9 Å². The van der Waals surface area contributed by atoms with Gasteiger partial charge in [-0.1, -0.05) is 0 Å². The highest BCUT2D eigenvalue weighted by Crippen LogP contribution is 2.41. The van der Waals surface area contributed by atoms with Crippen LogP contribution in [0.5, 0.6) is 0 Å². The van der Waals surface area contributed by atoms with Crippen LogP contribution >= 0.6 is 12.6 Å². The molecule has 5 heteroatoms. The normalized spacial score (nSPS) is 45.4. The van der Waals surface area contributed by atoms with Crippen molar-refractivity contribution in [3.05, 3.63) is 0 Å². The number of hydrogen-bond donors (Lipinski definition) is 2. The molecule has 0 bridgehead atoms. The Kier molecular flexibility index (Phi) is 3.03. The van der Waals surface area contributed by atoms with Crippen molar-refractivity contribution >= 4 is 12.6 Å². The Balaban J connectivity index is 2.11. The maximum Gasteiger partial charge on any atom is 0.187 e. The van der Waals surface area contributed by atoms with E-state index >= 15 is 0 Å². The number of ether oxygens (including phenoxy) is 3. The van der Waals surface area contributed by atoms with Crippen LogP contribution in [0.2, 0.25) is 0 Å². The molecule has 4 nitrogen and oxygen atoms in total. The topological polar surface area (TPSA) is 47.9 Å². The van der Waals surface area contributed by atoms with Crippen molar-refractivity contribution < 1.29 is 19.3 Å². The monoisotopic (exact) mass is 234 g/mol. The summed E-state index contributed by atoms with van der Waals surface area (Å²) in [6.45, 7) is 5.44. The van der Waals surface area contributed by atoms with Crippen LogP contribution in [-0.2, 0) is 14.2 Å². The smallest absolute Gasteiger partial charge is 0.187 e. The first kappa shape index (κ1) is 11.7. The van der Waals surface area contributed by atoms with Crippen LogP contribution in [0.1, 0.15) is 20.8 Å². The van der Waals surface area contributed by atoms with Gasteiger partial charge in [0, 0.05) is 5.92 Å². The van der Waals surface area contributed by atoms with Crippen molar-refractivity contribution in [1.29, 1.82) is 0 Å². The molecule has 0 aromatic rings. The minimum atomic E-state index is -0.597. The number of aliphatic hydroxyl groups excluding tert-OH is 1. The molecule has 2 rings (SSSR count). The third-order valence-electron chi connectivity index (χ3n) is 2.91. The van der Waals surface area contributed by atoms with Gasteiger partial charge < -0.3 is 19.3 Å². The van der Waals surface area contributed by atoms with Crippen LogP contribution in [-0.4, -0.2) is 41.2 Å². The second kappa shape index (κ2) is 3.89. The second-order valence-corrected chi connectivity index (χ2v) is 5.02. The fraction of sp³-hybridized carbons (Fsp3) is 1.00. The molecule has 88 valence electrons. The first-order valence-electron chi connectivity index (χ1n) is 5.24. The molecule has 0 saturated carbocycles. The number of thiol groups is 1. The lowest BCUT2D eigenvalue weighted by atomic mass is 9.97. The minimum absolute atomic E-state index is 0.0834. The number of fused-ring (bicyclic) bond motifs is 1. The Hall–Kier alpha value is 0.190. The van der Waals surface area contributed by atoms with E-state index in [0.717, 1.165) is 0 Å². The summed E-state index contributed by atoms with van der Waals surface area (Å²) in [5.74, 6) is 0.108. The molecular weight excluding hydrogens is 216 g/mol. The van der Waals surface area contributed by atoms with Crippen LogP contribution in [0.3, 0.4) is 0 Å². The molecule has 1 N–H and O–H groups in total. The van der Waals surface area contributed by atoms with Crippen LogP contribution in [0.15, 0.2) is 0 Å². The number of rotatable bonds is 2. The van der Waals surface area contributed by atoms with Crippen molar-refractivity contribution in [3.63, 3.8) is 0 Å². The Morgan fingerprint density at radius 3 is 2.60 bits per heavy atom. The van der Waals surface area contributed by atoms with Gasteiger partial charge in [-0.15, -0.1) is 0 Å². The number of aliphatic hydroxyl groups is 1. The van der Waals surface area contributed by atoms with Crippen molar-refractivity contribution in [3.8, 4) is 0 Å². The zero-order chi connectivity index (χ0) is 11.2. The highest BCUT2D eigenvalue weighted by atomic mass is 32.1. The van der Waals surface area contributed by atoms with Crippen LogP contribution < -0.4 is 0 Å². The largest absolute Gasteiger partial charge is 0.391 e. The van der Waals surface area contributed by atoms with E-state index in [1.165, 1.54) is 0 Å². The molecule has 5 atom stereocenters. The SMILES string of the molecule is CC(O)C1O[C@@H]2OC(C)(C)O[C@@H]2C1CS. The third-order valence-corrected chi connectivity index (χ3v) is 3.33. The summed E-state index contributed by atoms with van der Waals surface area (Å²) in [6, 6.07) is 0. The van der Waals surface area contributed by atoms with E-state index in [-0.39, 0.29) is 24.4 Å². The van der Waals surface area contributed by atoms with Crippen molar-refractivity contribution in [2.75, 3.05) is 5.75 Å². The molecule has 2 fully saturated rings.